The van der Waals surface area contributed by atoms with E-state index in [2.05, 4.69) is 93.7 Å². The molecular formula is C26H27N5O. The highest BCUT2D eigenvalue weighted by Gasteiger charge is 2.27. The third-order valence-corrected chi connectivity index (χ3v) is 6.07. The number of hydrogen-bond donors (Lipinski definition) is 3. The van der Waals surface area contributed by atoms with E-state index in [9.17, 15) is 0 Å². The first kappa shape index (κ1) is 20.3. The van der Waals surface area contributed by atoms with E-state index in [-0.39, 0.29) is 12.1 Å². The molecule has 0 saturated heterocycles. The summed E-state index contributed by atoms with van der Waals surface area (Å²) >= 11 is 0. The van der Waals surface area contributed by atoms with Crippen LogP contribution in [0.2, 0.25) is 0 Å². The third kappa shape index (κ3) is 4.36. The summed E-state index contributed by atoms with van der Waals surface area (Å²) in [5, 5.41) is 14.8. The molecule has 0 spiro atoms. The van der Waals surface area contributed by atoms with Crippen LogP contribution in [0.5, 0.6) is 0 Å². The quantitative estimate of drug-likeness (QED) is 0.384. The summed E-state index contributed by atoms with van der Waals surface area (Å²) in [7, 11) is 0. The van der Waals surface area contributed by atoms with Crippen LogP contribution in [-0.2, 0) is 0 Å². The highest BCUT2D eigenvalue weighted by Crippen LogP contribution is 2.29. The summed E-state index contributed by atoms with van der Waals surface area (Å²) in [4.78, 5) is 4.51. The van der Waals surface area contributed by atoms with E-state index in [4.69, 9.17) is 4.52 Å². The maximum atomic E-state index is 5.01. The number of aromatic nitrogens is 2. The van der Waals surface area contributed by atoms with Gasteiger partial charge in [0.1, 0.15) is 12.1 Å². The molecule has 6 nitrogen and oxygen atoms in total. The van der Waals surface area contributed by atoms with Gasteiger partial charge in [-0.2, -0.15) is 0 Å². The number of nitrogens with zero attached hydrogens (tertiary/aromatic N) is 2. The van der Waals surface area contributed by atoms with Crippen LogP contribution in [0, 0.1) is 0 Å². The van der Waals surface area contributed by atoms with E-state index < -0.39 is 0 Å². The third-order valence-electron chi connectivity index (χ3n) is 6.07. The van der Waals surface area contributed by atoms with E-state index in [1.54, 1.807) is 12.5 Å². The number of pyridine rings is 1. The highest BCUT2D eigenvalue weighted by atomic mass is 16.5. The lowest BCUT2D eigenvalue weighted by Gasteiger charge is -2.35. The Balaban J connectivity index is 1.33. The van der Waals surface area contributed by atoms with Gasteiger partial charge in [-0.05, 0) is 34.7 Å². The van der Waals surface area contributed by atoms with Crippen molar-refractivity contribution in [3.05, 3.63) is 96.5 Å². The molecule has 0 amide bonds. The molecule has 2 aromatic heterocycles. The Kier molecular flexibility index (Phi) is 5.85. The molecule has 2 aromatic carbocycles. The van der Waals surface area contributed by atoms with Crippen LogP contribution >= 0.6 is 0 Å². The Morgan fingerprint density at radius 1 is 1.03 bits per heavy atom. The van der Waals surface area contributed by atoms with Crippen LogP contribution in [-0.4, -0.2) is 29.3 Å². The van der Waals surface area contributed by atoms with Gasteiger partial charge < -0.3 is 20.5 Å². The minimum atomic E-state index is 0.141. The molecule has 0 radical (unpaired) electrons. The van der Waals surface area contributed by atoms with Crippen LogP contribution in [0.15, 0.2) is 89.9 Å². The van der Waals surface area contributed by atoms with Gasteiger partial charge in [0.25, 0.3) is 0 Å². The first-order chi connectivity index (χ1) is 15.8. The fraction of sp³-hybridized carbons (Fsp3) is 0.231. The molecule has 0 unspecified atom stereocenters. The van der Waals surface area contributed by atoms with Crippen LogP contribution < -0.4 is 16.0 Å². The van der Waals surface area contributed by atoms with Crippen molar-refractivity contribution in [1.82, 2.24) is 15.5 Å². The lowest BCUT2D eigenvalue weighted by Crippen LogP contribution is -2.45. The summed E-state index contributed by atoms with van der Waals surface area (Å²) in [5.41, 5.74) is 5.71. The van der Waals surface area contributed by atoms with Crippen molar-refractivity contribution in [1.29, 1.82) is 0 Å². The van der Waals surface area contributed by atoms with Crippen molar-refractivity contribution in [3.8, 4) is 11.1 Å². The summed E-state index contributed by atoms with van der Waals surface area (Å²) in [6.07, 6.45) is 5.26. The number of nitrogens with one attached hydrogen (secondary N) is 3. The van der Waals surface area contributed by atoms with Gasteiger partial charge in [-0.3, -0.25) is 0 Å². The number of fused-ring (bicyclic) bond motifs is 1. The first-order valence-electron chi connectivity index (χ1n) is 11.0. The Hall–Kier alpha value is -3.64. The predicted octanol–water partition coefficient (Wildman–Crippen LogP) is 5.08. The second kappa shape index (κ2) is 9.24. The van der Waals surface area contributed by atoms with Gasteiger partial charge in [0.2, 0.25) is 0 Å². The van der Waals surface area contributed by atoms with Crippen molar-refractivity contribution in [2.75, 3.05) is 23.7 Å². The van der Waals surface area contributed by atoms with Crippen LogP contribution in [0.1, 0.15) is 30.0 Å². The van der Waals surface area contributed by atoms with Crippen LogP contribution in [0.4, 0.5) is 11.5 Å². The first-order valence-corrected chi connectivity index (χ1v) is 11.0. The van der Waals surface area contributed by atoms with Gasteiger partial charge in [0.05, 0.1) is 24.0 Å². The lowest BCUT2D eigenvalue weighted by molar-refractivity contribution is 0.420. The van der Waals surface area contributed by atoms with Gasteiger partial charge in [-0.15, -0.1) is 0 Å². The standard InChI is InChI=1S/C26H27N5O/c1-18(20-9-5-10-21(13-20)22-15-30-32-17-22)14-29-25(19-7-3-2-4-8-19)24-16-28-23-11-6-12-27-26(23)31-24/h2-13,15,17-18,24-25,28-29H,14,16H2,1H3,(H,27,31)/t18-,24+,25+/m0/s1. The predicted molar refractivity (Wildman–Crippen MR) is 128 cm³/mol. The fourth-order valence-electron chi connectivity index (χ4n) is 4.26. The van der Waals surface area contributed by atoms with Gasteiger partial charge in [-0.1, -0.05) is 66.7 Å². The normalized spacial score (nSPS) is 17.0. The molecule has 3 N–H and O–H groups in total. The summed E-state index contributed by atoms with van der Waals surface area (Å²) < 4.78 is 5.01. The molecule has 1 aliphatic rings. The average molecular weight is 426 g/mol. The van der Waals surface area contributed by atoms with Gasteiger partial charge in [0.15, 0.2) is 0 Å². The van der Waals surface area contributed by atoms with Crippen LogP contribution in [0.3, 0.4) is 0 Å². The smallest absolute Gasteiger partial charge is 0.149 e. The fourth-order valence-corrected chi connectivity index (χ4v) is 4.26. The molecule has 3 heterocycles. The molecule has 1 aliphatic heterocycles. The molecule has 0 aliphatic carbocycles. The summed E-state index contributed by atoms with van der Waals surface area (Å²) in [6.45, 7) is 3.92. The Bertz CT molecular complexity index is 1150. The molecule has 0 saturated carbocycles. The maximum absolute atomic E-state index is 5.01. The zero-order valence-corrected chi connectivity index (χ0v) is 18.0. The second-order valence-corrected chi connectivity index (χ2v) is 8.27. The van der Waals surface area contributed by atoms with E-state index >= 15 is 0 Å². The average Bonchev–Trinajstić information content (AvgIpc) is 3.40. The van der Waals surface area contributed by atoms with Crippen molar-refractivity contribution in [3.63, 3.8) is 0 Å². The van der Waals surface area contributed by atoms with E-state index in [0.717, 1.165) is 35.7 Å². The van der Waals surface area contributed by atoms with Crippen molar-refractivity contribution >= 4 is 11.5 Å². The molecule has 6 heteroatoms. The SMILES string of the molecule is C[C@@H](CN[C@H](c1ccccc1)[C@H]1CNc2cccnc2N1)c1cccc(-c2cnoc2)c1. The largest absolute Gasteiger partial charge is 0.380 e. The van der Waals surface area contributed by atoms with Gasteiger partial charge in [0, 0.05) is 24.8 Å². The van der Waals surface area contributed by atoms with Gasteiger partial charge >= 0.3 is 0 Å². The zero-order valence-electron chi connectivity index (χ0n) is 18.0. The highest BCUT2D eigenvalue weighted by molar-refractivity contribution is 5.67. The number of benzene rings is 2. The lowest BCUT2D eigenvalue weighted by atomic mass is 9.94. The van der Waals surface area contributed by atoms with Crippen LogP contribution in [0.25, 0.3) is 11.1 Å². The topological polar surface area (TPSA) is 75.0 Å². The molecule has 3 atom stereocenters. The molecule has 0 bridgehead atoms. The minimum absolute atomic E-state index is 0.141. The van der Waals surface area contributed by atoms with Crippen molar-refractivity contribution in [2.24, 2.45) is 0 Å². The molecular weight excluding hydrogens is 398 g/mol. The number of rotatable bonds is 7. The van der Waals surface area contributed by atoms with Crippen molar-refractivity contribution in [2.45, 2.75) is 24.9 Å². The Labute approximate surface area is 188 Å². The Morgan fingerprint density at radius 2 is 1.91 bits per heavy atom. The second-order valence-electron chi connectivity index (χ2n) is 8.27. The molecule has 162 valence electrons. The van der Waals surface area contributed by atoms with E-state index in [1.807, 2.05) is 12.3 Å². The number of hydrogen-bond acceptors (Lipinski definition) is 6. The molecule has 32 heavy (non-hydrogen) atoms. The summed E-state index contributed by atoms with van der Waals surface area (Å²) in [6, 6.07) is 23.5. The monoisotopic (exact) mass is 425 g/mol. The van der Waals surface area contributed by atoms with E-state index in [0.29, 0.717) is 5.92 Å². The summed E-state index contributed by atoms with van der Waals surface area (Å²) in [5.74, 6) is 1.24. The zero-order chi connectivity index (χ0) is 21.8. The maximum Gasteiger partial charge on any atom is 0.149 e. The minimum Gasteiger partial charge on any atom is -0.380 e. The molecule has 0 fully saturated rings. The van der Waals surface area contributed by atoms with Crippen molar-refractivity contribution < 1.29 is 4.52 Å². The molecule has 5 rings (SSSR count). The number of anilines is 2. The molecule has 4 aromatic rings. The van der Waals surface area contributed by atoms with Gasteiger partial charge in [-0.25, -0.2) is 4.98 Å². The van der Waals surface area contributed by atoms with E-state index in [1.165, 1.54) is 11.1 Å². The Morgan fingerprint density at radius 3 is 2.75 bits per heavy atom.